The van der Waals surface area contributed by atoms with Crippen LogP contribution in [0.1, 0.15) is 18.4 Å². The van der Waals surface area contributed by atoms with E-state index in [-0.39, 0.29) is 16.9 Å². The first-order valence-electron chi connectivity index (χ1n) is 9.20. The maximum atomic E-state index is 12.2. The fraction of sp³-hybridized carbons (Fsp3) is 0.286. The first-order chi connectivity index (χ1) is 13.1. The first kappa shape index (κ1) is 17.4. The second-order valence-electron chi connectivity index (χ2n) is 7.12. The molecule has 0 radical (unpaired) electrons. The van der Waals surface area contributed by atoms with Crippen LogP contribution in [0.5, 0.6) is 11.5 Å². The number of aromatic hydroxyl groups is 2. The molecule has 2 aromatic carbocycles. The molecule has 5 N–H and O–H groups in total. The summed E-state index contributed by atoms with van der Waals surface area (Å²) in [6.07, 6.45) is 2.23. The highest BCUT2D eigenvalue weighted by atomic mass is 16.3. The molecular weight excluding hydrogens is 342 g/mol. The number of aromatic amines is 1. The summed E-state index contributed by atoms with van der Waals surface area (Å²) in [5.74, 6) is 1.02. The second-order valence-corrected chi connectivity index (χ2v) is 7.12. The molecule has 0 spiro atoms. The molecule has 1 aliphatic rings. The number of fused-ring (bicyclic) bond motifs is 1. The molecule has 1 saturated carbocycles. The third kappa shape index (κ3) is 3.75. The molecule has 0 aliphatic heterocycles. The molecule has 3 aromatic rings. The van der Waals surface area contributed by atoms with Gasteiger partial charge in [0, 0.05) is 30.6 Å². The van der Waals surface area contributed by atoms with Crippen LogP contribution >= 0.6 is 0 Å². The normalized spacial score (nSPS) is 19.0. The van der Waals surface area contributed by atoms with Gasteiger partial charge in [-0.25, -0.2) is 0 Å². The van der Waals surface area contributed by atoms with E-state index in [1.165, 1.54) is 6.07 Å². The van der Waals surface area contributed by atoms with Gasteiger partial charge in [-0.15, -0.1) is 0 Å². The molecule has 1 heterocycles. The van der Waals surface area contributed by atoms with Gasteiger partial charge in [-0.3, -0.25) is 4.79 Å². The molecule has 140 valence electrons. The minimum absolute atomic E-state index is 0.0160. The lowest BCUT2D eigenvalue weighted by atomic mass is 9.79. The quantitative estimate of drug-likeness (QED) is 0.433. The van der Waals surface area contributed by atoms with E-state index in [1.807, 2.05) is 24.3 Å². The summed E-state index contributed by atoms with van der Waals surface area (Å²) in [6, 6.07) is 14.4. The van der Waals surface area contributed by atoms with Crippen molar-refractivity contribution >= 4 is 16.7 Å². The van der Waals surface area contributed by atoms with E-state index in [0.29, 0.717) is 23.9 Å². The Labute approximate surface area is 156 Å². The van der Waals surface area contributed by atoms with Gasteiger partial charge in [0.15, 0.2) is 16.9 Å². The minimum atomic E-state index is -0.103. The Morgan fingerprint density at radius 2 is 1.89 bits per heavy atom. The molecule has 1 aromatic heterocycles. The number of anilines is 1. The van der Waals surface area contributed by atoms with Crippen molar-refractivity contribution in [3.63, 3.8) is 0 Å². The van der Waals surface area contributed by atoms with E-state index >= 15 is 0 Å². The molecular formula is C21H23N3O3. The number of H-pyrrole nitrogens is 1. The number of phenols is 2. The number of aromatic nitrogens is 1. The predicted octanol–water partition coefficient (Wildman–Crippen LogP) is 2.92. The van der Waals surface area contributed by atoms with Crippen LogP contribution in [0, 0.1) is 5.92 Å². The molecule has 6 heteroatoms. The largest absolute Gasteiger partial charge is 0.504 e. The summed E-state index contributed by atoms with van der Waals surface area (Å²) in [5, 5.41) is 26.5. The molecule has 6 nitrogen and oxygen atoms in total. The van der Waals surface area contributed by atoms with Gasteiger partial charge in [0.2, 0.25) is 0 Å². The second kappa shape index (κ2) is 7.32. The van der Waals surface area contributed by atoms with E-state index in [4.69, 9.17) is 0 Å². The average molecular weight is 365 g/mol. The number of hydrogen-bond donors (Lipinski definition) is 5. The summed E-state index contributed by atoms with van der Waals surface area (Å²) < 4.78 is 0. The monoisotopic (exact) mass is 365 g/mol. The average Bonchev–Trinajstić information content (AvgIpc) is 2.64. The van der Waals surface area contributed by atoms with Crippen LogP contribution in [0.15, 0.2) is 53.3 Å². The Morgan fingerprint density at radius 1 is 1.04 bits per heavy atom. The molecule has 0 bridgehead atoms. The highest BCUT2D eigenvalue weighted by Gasteiger charge is 2.30. The fourth-order valence-corrected chi connectivity index (χ4v) is 3.54. The van der Waals surface area contributed by atoms with Crippen molar-refractivity contribution in [3.8, 4) is 11.5 Å². The van der Waals surface area contributed by atoms with Gasteiger partial charge in [-0.2, -0.15) is 0 Å². The van der Waals surface area contributed by atoms with Gasteiger partial charge < -0.3 is 25.8 Å². The standard InChI is InChI=1S/C21H23N3O3/c25-18-8-5-13(9-20(18)27)11-22-16-7-6-14(16)12-23-21-10-19(26)15-3-1-2-4-17(15)24-21/h1-5,8-10,14,16,22,25,27H,6-7,11-12H2,(H2,23,24,26)/t14-,16+/m1/s1. The Bertz CT molecular complexity index is 1010. The Kier molecular flexibility index (Phi) is 4.73. The number of pyridine rings is 1. The summed E-state index contributed by atoms with van der Waals surface area (Å²) in [5.41, 5.74) is 1.79. The number of para-hydroxylation sites is 1. The summed E-state index contributed by atoms with van der Waals surface area (Å²) >= 11 is 0. The van der Waals surface area contributed by atoms with Crippen LogP contribution in [0.3, 0.4) is 0 Å². The third-order valence-electron chi connectivity index (χ3n) is 5.32. The van der Waals surface area contributed by atoms with Gasteiger partial charge >= 0.3 is 0 Å². The van der Waals surface area contributed by atoms with Crippen LogP contribution in [-0.2, 0) is 6.54 Å². The molecule has 4 rings (SSSR count). The minimum Gasteiger partial charge on any atom is -0.504 e. The van der Waals surface area contributed by atoms with Crippen molar-refractivity contribution < 1.29 is 10.2 Å². The zero-order chi connectivity index (χ0) is 18.8. The SMILES string of the molecule is O=c1cc(NC[C@H]2CC[C@@H]2NCc2ccc(O)c(O)c2)[nH]c2ccccc12. The molecule has 1 fully saturated rings. The Morgan fingerprint density at radius 3 is 2.67 bits per heavy atom. The highest BCUT2D eigenvalue weighted by molar-refractivity contribution is 5.79. The lowest BCUT2D eigenvalue weighted by molar-refractivity contribution is 0.220. The van der Waals surface area contributed by atoms with E-state index in [2.05, 4.69) is 15.6 Å². The zero-order valence-corrected chi connectivity index (χ0v) is 14.9. The number of rotatable bonds is 6. The number of hydrogen-bond acceptors (Lipinski definition) is 5. The molecule has 1 aliphatic carbocycles. The van der Waals surface area contributed by atoms with Gasteiger partial charge in [0.25, 0.3) is 0 Å². The van der Waals surface area contributed by atoms with E-state index in [1.54, 1.807) is 18.2 Å². The van der Waals surface area contributed by atoms with Gasteiger partial charge in [-0.1, -0.05) is 18.2 Å². The lowest BCUT2D eigenvalue weighted by Crippen LogP contribution is -2.46. The molecule has 2 atom stereocenters. The third-order valence-corrected chi connectivity index (χ3v) is 5.32. The zero-order valence-electron chi connectivity index (χ0n) is 14.9. The number of nitrogens with one attached hydrogen (secondary N) is 3. The van der Waals surface area contributed by atoms with Crippen LogP contribution in [0.4, 0.5) is 5.82 Å². The predicted molar refractivity (Wildman–Crippen MR) is 106 cm³/mol. The lowest BCUT2D eigenvalue weighted by Gasteiger charge is -2.37. The van der Waals surface area contributed by atoms with Crippen LogP contribution in [0.25, 0.3) is 10.9 Å². The van der Waals surface area contributed by atoms with Crippen molar-refractivity contribution in [1.82, 2.24) is 10.3 Å². The van der Waals surface area contributed by atoms with Gasteiger partial charge in [-0.05, 0) is 48.6 Å². The fourth-order valence-electron chi connectivity index (χ4n) is 3.54. The summed E-state index contributed by atoms with van der Waals surface area (Å²) in [4.78, 5) is 15.5. The van der Waals surface area contributed by atoms with Crippen molar-refractivity contribution in [2.45, 2.75) is 25.4 Å². The van der Waals surface area contributed by atoms with Crippen molar-refractivity contribution in [3.05, 3.63) is 64.3 Å². The maximum Gasteiger partial charge on any atom is 0.191 e. The van der Waals surface area contributed by atoms with Gasteiger partial charge in [0.05, 0.1) is 5.52 Å². The molecule has 27 heavy (non-hydrogen) atoms. The molecule has 0 saturated heterocycles. The van der Waals surface area contributed by atoms with E-state index < -0.39 is 0 Å². The van der Waals surface area contributed by atoms with E-state index in [0.717, 1.165) is 36.3 Å². The van der Waals surface area contributed by atoms with E-state index in [9.17, 15) is 15.0 Å². The van der Waals surface area contributed by atoms with Gasteiger partial charge in [0.1, 0.15) is 5.82 Å². The number of benzene rings is 2. The smallest absolute Gasteiger partial charge is 0.191 e. The van der Waals surface area contributed by atoms with Crippen molar-refractivity contribution in [1.29, 1.82) is 0 Å². The summed E-state index contributed by atoms with van der Waals surface area (Å²) in [7, 11) is 0. The topological polar surface area (TPSA) is 97.4 Å². The maximum absolute atomic E-state index is 12.2. The molecule has 0 unspecified atom stereocenters. The van der Waals surface area contributed by atoms with Crippen LogP contribution < -0.4 is 16.1 Å². The Balaban J connectivity index is 1.33. The highest BCUT2D eigenvalue weighted by Crippen LogP contribution is 2.29. The molecule has 0 amide bonds. The van der Waals surface area contributed by atoms with Crippen LogP contribution in [-0.4, -0.2) is 27.8 Å². The van der Waals surface area contributed by atoms with Crippen molar-refractivity contribution in [2.24, 2.45) is 5.92 Å². The van der Waals surface area contributed by atoms with Crippen molar-refractivity contribution in [2.75, 3.05) is 11.9 Å². The Hall–Kier alpha value is -2.99. The first-order valence-corrected chi connectivity index (χ1v) is 9.20. The van der Waals surface area contributed by atoms with Crippen LogP contribution in [0.2, 0.25) is 0 Å². The number of phenolic OH excluding ortho intramolecular Hbond substituents is 2. The summed E-state index contributed by atoms with van der Waals surface area (Å²) in [6.45, 7) is 1.43.